The number of aromatic nitrogens is 1. The van der Waals surface area contributed by atoms with E-state index in [1.54, 1.807) is 11.9 Å². The third-order valence-corrected chi connectivity index (χ3v) is 3.17. The highest BCUT2D eigenvalue weighted by atomic mass is 35.5. The number of carbonyl (C=O) groups is 1. The monoisotopic (exact) mass is 294 g/mol. The van der Waals surface area contributed by atoms with Gasteiger partial charge in [-0.1, -0.05) is 53.5 Å². The summed E-state index contributed by atoms with van der Waals surface area (Å²) in [5.41, 5.74) is 1.41. The molecule has 3 nitrogen and oxygen atoms in total. The van der Waals surface area contributed by atoms with Crippen LogP contribution in [0.3, 0.4) is 0 Å². The van der Waals surface area contributed by atoms with Crippen LogP contribution in [-0.4, -0.2) is 22.8 Å². The van der Waals surface area contributed by atoms with Crippen LogP contribution in [0.25, 0.3) is 0 Å². The van der Waals surface area contributed by atoms with Crippen molar-refractivity contribution < 1.29 is 4.79 Å². The van der Waals surface area contributed by atoms with Crippen molar-refractivity contribution >= 4 is 29.1 Å². The van der Waals surface area contributed by atoms with Crippen molar-refractivity contribution in [3.05, 3.63) is 63.9 Å². The topological polar surface area (TPSA) is 33.2 Å². The summed E-state index contributed by atoms with van der Waals surface area (Å²) in [6, 6.07) is 11.2. The van der Waals surface area contributed by atoms with Gasteiger partial charge in [-0.15, -0.1) is 0 Å². The fraction of sp³-hybridized carbons (Fsp3) is 0.143. The number of nitrogens with zero attached hydrogens (tertiary/aromatic N) is 2. The van der Waals surface area contributed by atoms with Crippen molar-refractivity contribution in [3.63, 3.8) is 0 Å². The van der Waals surface area contributed by atoms with Crippen LogP contribution in [0.1, 0.15) is 15.9 Å². The summed E-state index contributed by atoms with van der Waals surface area (Å²) in [5.74, 6) is -0.182. The quantitative estimate of drug-likeness (QED) is 0.810. The van der Waals surface area contributed by atoms with Crippen molar-refractivity contribution in [2.45, 2.75) is 6.54 Å². The molecule has 98 valence electrons. The van der Waals surface area contributed by atoms with Gasteiger partial charge in [-0.2, -0.15) is 0 Å². The molecule has 0 atom stereocenters. The van der Waals surface area contributed by atoms with Crippen LogP contribution in [0, 0.1) is 0 Å². The van der Waals surface area contributed by atoms with Crippen molar-refractivity contribution in [2.75, 3.05) is 7.05 Å². The van der Waals surface area contributed by atoms with Crippen molar-refractivity contribution in [1.29, 1.82) is 0 Å². The molecule has 0 N–H and O–H groups in total. The number of hydrogen-bond donors (Lipinski definition) is 0. The standard InChI is InChI=1S/C14H12Cl2N2O/c1-18(9-10-5-3-2-4-6-10)14(19)11-7-13(16)17-8-12(11)15/h2-8H,9H2,1H3. The SMILES string of the molecule is CN(Cc1ccccc1)C(=O)c1cc(Cl)ncc1Cl. The van der Waals surface area contributed by atoms with Crippen LogP contribution in [0.4, 0.5) is 0 Å². The average molecular weight is 295 g/mol. The molecular formula is C14H12Cl2N2O. The maximum absolute atomic E-state index is 12.3. The zero-order valence-electron chi connectivity index (χ0n) is 10.3. The Morgan fingerprint density at radius 1 is 1.26 bits per heavy atom. The Hall–Kier alpha value is -1.58. The molecule has 0 bridgehead atoms. The van der Waals surface area contributed by atoms with Crippen LogP contribution >= 0.6 is 23.2 Å². The number of halogens is 2. The summed E-state index contributed by atoms with van der Waals surface area (Å²) in [5, 5.41) is 0.551. The third-order valence-electron chi connectivity index (χ3n) is 2.66. The van der Waals surface area contributed by atoms with E-state index in [1.165, 1.54) is 12.3 Å². The zero-order valence-corrected chi connectivity index (χ0v) is 11.8. The minimum absolute atomic E-state index is 0.182. The van der Waals surface area contributed by atoms with Gasteiger partial charge < -0.3 is 4.90 Å². The van der Waals surface area contributed by atoms with E-state index < -0.39 is 0 Å². The van der Waals surface area contributed by atoms with Gasteiger partial charge in [0, 0.05) is 19.8 Å². The van der Waals surface area contributed by atoms with E-state index in [9.17, 15) is 4.79 Å². The van der Waals surface area contributed by atoms with Gasteiger partial charge in [-0.25, -0.2) is 4.98 Å². The Kier molecular flexibility index (Phi) is 4.40. The number of amides is 1. The van der Waals surface area contributed by atoms with Gasteiger partial charge in [-0.05, 0) is 11.6 Å². The van der Waals surface area contributed by atoms with Crippen molar-refractivity contribution in [3.8, 4) is 0 Å². The molecule has 1 amide bonds. The van der Waals surface area contributed by atoms with Gasteiger partial charge in [-0.3, -0.25) is 4.79 Å². The molecule has 19 heavy (non-hydrogen) atoms. The molecule has 1 heterocycles. The van der Waals surface area contributed by atoms with E-state index >= 15 is 0 Å². The molecule has 0 fully saturated rings. The maximum Gasteiger partial charge on any atom is 0.255 e. The highest BCUT2D eigenvalue weighted by Crippen LogP contribution is 2.20. The number of benzene rings is 1. The van der Waals surface area contributed by atoms with Gasteiger partial charge in [0.15, 0.2) is 0 Å². The fourth-order valence-corrected chi connectivity index (χ4v) is 2.05. The molecule has 2 aromatic rings. The van der Waals surface area contributed by atoms with Crippen molar-refractivity contribution in [2.24, 2.45) is 0 Å². The zero-order chi connectivity index (χ0) is 13.8. The first-order valence-electron chi connectivity index (χ1n) is 5.68. The molecule has 0 saturated carbocycles. The number of pyridine rings is 1. The second-order valence-corrected chi connectivity index (χ2v) is 4.93. The van der Waals surface area contributed by atoms with Crippen LogP contribution in [-0.2, 0) is 6.54 Å². The van der Waals surface area contributed by atoms with Gasteiger partial charge in [0.25, 0.3) is 5.91 Å². The summed E-state index contributed by atoms with van der Waals surface area (Å²) >= 11 is 11.8. The first kappa shape index (κ1) is 13.8. The summed E-state index contributed by atoms with van der Waals surface area (Å²) in [6.07, 6.45) is 1.38. The lowest BCUT2D eigenvalue weighted by Crippen LogP contribution is -2.26. The predicted molar refractivity (Wildman–Crippen MR) is 76.5 cm³/mol. The Balaban J connectivity index is 2.17. The van der Waals surface area contributed by atoms with Gasteiger partial charge in [0.05, 0.1) is 10.6 Å². The lowest BCUT2D eigenvalue weighted by atomic mass is 10.2. The molecule has 0 aliphatic rings. The van der Waals surface area contributed by atoms with E-state index in [1.807, 2.05) is 30.3 Å². The summed E-state index contributed by atoms with van der Waals surface area (Å²) in [4.78, 5) is 17.7. The van der Waals surface area contributed by atoms with E-state index in [4.69, 9.17) is 23.2 Å². The molecular weight excluding hydrogens is 283 g/mol. The molecule has 1 aromatic heterocycles. The molecule has 0 aliphatic carbocycles. The minimum Gasteiger partial charge on any atom is -0.337 e. The third kappa shape index (κ3) is 3.46. The number of carbonyl (C=O) groups excluding carboxylic acids is 1. The van der Waals surface area contributed by atoms with Crippen LogP contribution in [0.2, 0.25) is 10.2 Å². The Bertz CT molecular complexity index is 587. The molecule has 5 heteroatoms. The number of hydrogen-bond acceptors (Lipinski definition) is 2. The maximum atomic E-state index is 12.3. The lowest BCUT2D eigenvalue weighted by molar-refractivity contribution is 0.0785. The molecule has 1 aromatic carbocycles. The molecule has 2 rings (SSSR count). The second-order valence-electron chi connectivity index (χ2n) is 4.13. The molecule has 0 saturated heterocycles. The minimum atomic E-state index is -0.182. The molecule has 0 aliphatic heterocycles. The highest BCUT2D eigenvalue weighted by Gasteiger charge is 2.16. The summed E-state index contributed by atoms with van der Waals surface area (Å²) in [7, 11) is 1.72. The molecule has 0 unspecified atom stereocenters. The van der Waals surface area contributed by atoms with Crippen LogP contribution in [0.5, 0.6) is 0 Å². The second kappa shape index (κ2) is 6.04. The largest absolute Gasteiger partial charge is 0.337 e. The smallest absolute Gasteiger partial charge is 0.255 e. The van der Waals surface area contributed by atoms with E-state index in [0.29, 0.717) is 17.1 Å². The number of rotatable bonds is 3. The average Bonchev–Trinajstić information content (AvgIpc) is 2.42. The first-order valence-corrected chi connectivity index (χ1v) is 6.44. The Labute approximate surface area is 121 Å². The van der Waals surface area contributed by atoms with Crippen molar-refractivity contribution in [1.82, 2.24) is 9.88 Å². The van der Waals surface area contributed by atoms with Crippen LogP contribution < -0.4 is 0 Å². The van der Waals surface area contributed by atoms with E-state index in [0.717, 1.165) is 5.56 Å². The summed E-state index contributed by atoms with van der Waals surface area (Å²) in [6.45, 7) is 0.510. The van der Waals surface area contributed by atoms with E-state index in [-0.39, 0.29) is 11.1 Å². The lowest BCUT2D eigenvalue weighted by Gasteiger charge is -2.18. The van der Waals surface area contributed by atoms with Crippen LogP contribution in [0.15, 0.2) is 42.6 Å². The fourth-order valence-electron chi connectivity index (χ4n) is 1.71. The van der Waals surface area contributed by atoms with Gasteiger partial charge in [0.2, 0.25) is 0 Å². The molecule has 0 radical (unpaired) electrons. The Morgan fingerprint density at radius 3 is 2.63 bits per heavy atom. The highest BCUT2D eigenvalue weighted by molar-refractivity contribution is 6.35. The Morgan fingerprint density at radius 2 is 1.95 bits per heavy atom. The summed E-state index contributed by atoms with van der Waals surface area (Å²) < 4.78 is 0. The predicted octanol–water partition coefficient (Wildman–Crippen LogP) is 3.66. The van der Waals surface area contributed by atoms with Gasteiger partial charge >= 0.3 is 0 Å². The van der Waals surface area contributed by atoms with E-state index in [2.05, 4.69) is 4.98 Å². The normalized spacial score (nSPS) is 10.3. The van der Waals surface area contributed by atoms with Gasteiger partial charge in [0.1, 0.15) is 5.15 Å². The molecule has 0 spiro atoms. The first-order chi connectivity index (χ1) is 9.08.